The van der Waals surface area contributed by atoms with Crippen molar-refractivity contribution in [1.29, 1.82) is 0 Å². The van der Waals surface area contributed by atoms with Crippen LogP contribution in [-0.2, 0) is 16.6 Å². The van der Waals surface area contributed by atoms with Gasteiger partial charge in [-0.1, -0.05) is 0 Å². The predicted octanol–water partition coefficient (Wildman–Crippen LogP) is 1.90. The van der Waals surface area contributed by atoms with E-state index < -0.39 is 22.6 Å². The second-order valence-electron chi connectivity index (χ2n) is 5.13. The molecule has 0 amide bonds. The van der Waals surface area contributed by atoms with Crippen LogP contribution in [0, 0.1) is 0 Å². The van der Waals surface area contributed by atoms with Gasteiger partial charge in [0.15, 0.2) is 0 Å². The lowest BCUT2D eigenvalue weighted by molar-refractivity contribution is -0.135. The Morgan fingerprint density at radius 1 is 1.38 bits per heavy atom. The van der Waals surface area contributed by atoms with Crippen LogP contribution >= 0.6 is 0 Å². The Kier molecular flexibility index (Phi) is 4.64. The van der Waals surface area contributed by atoms with Crippen molar-refractivity contribution in [2.45, 2.75) is 49.3 Å². The first kappa shape index (κ1) is 16.3. The number of aromatic nitrogens is 1. The number of alkyl halides is 3. The largest absolute Gasteiger partial charge is 0.389 e. The number of nitrogens with two attached hydrogens (primary N) is 1. The molecular formula is C12H18F3N3O2S. The summed E-state index contributed by atoms with van der Waals surface area (Å²) in [6, 6.07) is 1.77. The van der Waals surface area contributed by atoms with E-state index in [9.17, 15) is 21.6 Å². The van der Waals surface area contributed by atoms with Crippen LogP contribution in [-0.4, -0.2) is 25.7 Å². The average molecular weight is 325 g/mol. The molecule has 21 heavy (non-hydrogen) atoms. The maximum atomic E-state index is 12.0. The molecule has 2 rings (SSSR count). The maximum absolute atomic E-state index is 12.0. The summed E-state index contributed by atoms with van der Waals surface area (Å²) >= 11 is 0. The second kappa shape index (κ2) is 5.98. The molecule has 1 aliphatic carbocycles. The van der Waals surface area contributed by atoms with Crippen molar-refractivity contribution in [2.24, 2.45) is 5.73 Å². The molecule has 0 aliphatic heterocycles. The van der Waals surface area contributed by atoms with Gasteiger partial charge in [0, 0.05) is 37.4 Å². The van der Waals surface area contributed by atoms with Crippen LogP contribution in [0.25, 0.3) is 0 Å². The Labute approximate surface area is 121 Å². The van der Waals surface area contributed by atoms with Crippen molar-refractivity contribution in [2.75, 3.05) is 6.54 Å². The Balaban J connectivity index is 1.99. The number of hydrogen-bond acceptors (Lipinski definition) is 3. The molecule has 0 spiro atoms. The zero-order chi connectivity index (χ0) is 15.7. The van der Waals surface area contributed by atoms with E-state index in [-0.39, 0.29) is 30.4 Å². The zero-order valence-electron chi connectivity index (χ0n) is 11.4. The van der Waals surface area contributed by atoms with Gasteiger partial charge in [-0.2, -0.15) is 13.2 Å². The zero-order valence-corrected chi connectivity index (χ0v) is 12.2. The van der Waals surface area contributed by atoms with Crippen LogP contribution in [0.15, 0.2) is 17.2 Å². The second-order valence-corrected chi connectivity index (χ2v) is 6.89. The molecule has 0 bridgehead atoms. The number of hydrogen-bond donors (Lipinski definition) is 2. The first-order valence-electron chi connectivity index (χ1n) is 6.70. The Morgan fingerprint density at radius 3 is 2.57 bits per heavy atom. The molecular weight excluding hydrogens is 307 g/mol. The van der Waals surface area contributed by atoms with Gasteiger partial charge < -0.3 is 10.3 Å². The van der Waals surface area contributed by atoms with Crippen molar-refractivity contribution >= 4 is 10.0 Å². The van der Waals surface area contributed by atoms with Crippen LogP contribution in [0.2, 0.25) is 0 Å². The average Bonchev–Trinajstić information content (AvgIpc) is 3.12. The van der Waals surface area contributed by atoms with Gasteiger partial charge in [-0.25, -0.2) is 13.1 Å². The Bertz CT molecular complexity index is 591. The van der Waals surface area contributed by atoms with Crippen LogP contribution in [0.4, 0.5) is 13.2 Å². The van der Waals surface area contributed by atoms with E-state index in [2.05, 4.69) is 4.72 Å². The summed E-state index contributed by atoms with van der Waals surface area (Å²) in [6.45, 7) is -0.0193. The molecule has 1 heterocycles. The minimum atomic E-state index is -4.27. The molecule has 1 aromatic rings. The van der Waals surface area contributed by atoms with Gasteiger partial charge in [-0.05, 0) is 25.3 Å². The van der Waals surface area contributed by atoms with Crippen LogP contribution in [0.5, 0.6) is 0 Å². The van der Waals surface area contributed by atoms with Gasteiger partial charge in [0.1, 0.15) is 0 Å². The van der Waals surface area contributed by atoms with Crippen molar-refractivity contribution in [3.8, 4) is 0 Å². The van der Waals surface area contributed by atoms with Gasteiger partial charge in [0.25, 0.3) is 0 Å². The highest BCUT2D eigenvalue weighted by Gasteiger charge is 2.29. The van der Waals surface area contributed by atoms with Gasteiger partial charge in [0.2, 0.25) is 10.0 Å². The summed E-state index contributed by atoms with van der Waals surface area (Å²) in [5.74, 6) is 0. The summed E-state index contributed by atoms with van der Waals surface area (Å²) in [5, 5.41) is 0. The topological polar surface area (TPSA) is 77.1 Å². The minimum absolute atomic E-state index is 0.0573. The summed E-state index contributed by atoms with van der Waals surface area (Å²) in [7, 11) is -3.79. The molecule has 3 N–H and O–H groups in total. The maximum Gasteiger partial charge on any atom is 0.389 e. The Morgan fingerprint density at radius 2 is 2.05 bits per heavy atom. The van der Waals surface area contributed by atoms with E-state index in [1.54, 1.807) is 0 Å². The molecule has 0 radical (unpaired) electrons. The van der Waals surface area contributed by atoms with Crippen LogP contribution in [0.1, 0.15) is 37.4 Å². The predicted molar refractivity (Wildman–Crippen MR) is 71.1 cm³/mol. The molecule has 0 aromatic carbocycles. The van der Waals surface area contributed by atoms with Gasteiger partial charge in [-0.3, -0.25) is 0 Å². The molecule has 0 saturated heterocycles. The first-order chi connectivity index (χ1) is 9.73. The van der Waals surface area contributed by atoms with Crippen molar-refractivity contribution in [3.63, 3.8) is 0 Å². The quantitative estimate of drug-likeness (QED) is 0.752. The fraction of sp³-hybridized carbons (Fsp3) is 0.667. The minimum Gasteiger partial charge on any atom is -0.346 e. The number of nitrogens with zero attached hydrogens (tertiary/aromatic N) is 1. The third-order valence-electron chi connectivity index (χ3n) is 3.30. The highest BCUT2D eigenvalue weighted by atomic mass is 32.2. The third kappa shape index (κ3) is 4.45. The van der Waals surface area contributed by atoms with E-state index in [4.69, 9.17) is 5.73 Å². The number of sulfonamides is 1. The SMILES string of the molecule is NCc1cc(S(=O)(=O)NCCCC(F)(F)F)cn1C1CC1. The number of rotatable bonds is 7. The third-order valence-corrected chi connectivity index (χ3v) is 4.72. The monoisotopic (exact) mass is 325 g/mol. The molecule has 1 fully saturated rings. The number of halogens is 3. The van der Waals surface area contributed by atoms with E-state index in [0.29, 0.717) is 5.69 Å². The lowest BCUT2D eigenvalue weighted by atomic mass is 10.3. The van der Waals surface area contributed by atoms with E-state index >= 15 is 0 Å². The van der Waals surface area contributed by atoms with Gasteiger partial charge in [-0.15, -0.1) is 0 Å². The van der Waals surface area contributed by atoms with Crippen LogP contribution in [0.3, 0.4) is 0 Å². The summed E-state index contributed by atoms with van der Waals surface area (Å²) in [5.41, 5.74) is 6.30. The molecule has 0 unspecified atom stereocenters. The summed E-state index contributed by atoms with van der Waals surface area (Å²) < 4.78 is 64.1. The van der Waals surface area contributed by atoms with Crippen molar-refractivity contribution in [3.05, 3.63) is 18.0 Å². The summed E-state index contributed by atoms with van der Waals surface area (Å²) in [4.78, 5) is 0.0573. The first-order valence-corrected chi connectivity index (χ1v) is 8.18. The molecule has 1 saturated carbocycles. The highest BCUT2D eigenvalue weighted by Crippen LogP contribution is 2.37. The lowest BCUT2D eigenvalue weighted by Crippen LogP contribution is -2.25. The molecule has 0 atom stereocenters. The fourth-order valence-electron chi connectivity index (χ4n) is 2.08. The Hall–Kier alpha value is -1.06. The van der Waals surface area contributed by atoms with Crippen molar-refractivity contribution in [1.82, 2.24) is 9.29 Å². The van der Waals surface area contributed by atoms with E-state index in [0.717, 1.165) is 12.8 Å². The highest BCUT2D eigenvalue weighted by molar-refractivity contribution is 7.89. The van der Waals surface area contributed by atoms with Gasteiger partial charge >= 0.3 is 6.18 Å². The van der Waals surface area contributed by atoms with Crippen molar-refractivity contribution < 1.29 is 21.6 Å². The van der Waals surface area contributed by atoms with E-state index in [1.165, 1.54) is 12.3 Å². The molecule has 1 aromatic heterocycles. The number of nitrogens with one attached hydrogen (secondary N) is 1. The standard InChI is InChI=1S/C12H18F3N3O2S/c13-12(14,15)4-1-5-17-21(19,20)11-6-10(7-16)18(8-11)9-2-3-9/h6,8-9,17H,1-5,7,16H2. The van der Waals surface area contributed by atoms with E-state index in [1.807, 2.05) is 4.57 Å². The molecule has 5 nitrogen and oxygen atoms in total. The van der Waals surface area contributed by atoms with Gasteiger partial charge in [0.05, 0.1) is 4.90 Å². The molecule has 1 aliphatic rings. The molecule has 9 heteroatoms. The molecule has 120 valence electrons. The summed E-state index contributed by atoms with van der Waals surface area (Å²) in [6.07, 6.45) is -2.08. The fourth-order valence-corrected chi connectivity index (χ4v) is 3.20. The normalized spacial score (nSPS) is 16.4. The van der Waals surface area contributed by atoms with Crippen LogP contribution < -0.4 is 10.5 Å². The smallest absolute Gasteiger partial charge is 0.346 e. The lowest BCUT2D eigenvalue weighted by Gasteiger charge is -2.07.